The first kappa shape index (κ1) is 20.8. The van der Waals surface area contributed by atoms with Gasteiger partial charge in [0.15, 0.2) is 0 Å². The highest BCUT2D eigenvalue weighted by Crippen LogP contribution is 2.32. The normalized spacial score (nSPS) is 12.0. The van der Waals surface area contributed by atoms with Gasteiger partial charge in [-0.25, -0.2) is 0 Å². The van der Waals surface area contributed by atoms with Gasteiger partial charge in [-0.3, -0.25) is 4.79 Å². The van der Waals surface area contributed by atoms with Gasteiger partial charge < -0.3 is 14.8 Å². The van der Waals surface area contributed by atoms with Gasteiger partial charge >= 0.3 is 0 Å². The lowest BCUT2D eigenvalue weighted by Gasteiger charge is -2.21. The second kappa shape index (κ2) is 8.94. The second-order valence-electron chi connectivity index (χ2n) is 7.38. The van der Waals surface area contributed by atoms with Gasteiger partial charge in [0.25, 0.3) is 0 Å². The van der Waals surface area contributed by atoms with Crippen LogP contribution in [0.4, 0.5) is 0 Å². The number of hydrogen-bond donors (Lipinski definition) is 1. The fraction of sp³-hybridized carbons (Fsp3) is 0.435. The van der Waals surface area contributed by atoms with E-state index in [4.69, 9.17) is 9.47 Å². The Bertz CT molecular complexity index is 812. The van der Waals surface area contributed by atoms with E-state index in [0.717, 1.165) is 39.3 Å². The van der Waals surface area contributed by atoms with Gasteiger partial charge in [0, 0.05) is 0 Å². The maximum absolute atomic E-state index is 12.5. The van der Waals surface area contributed by atoms with E-state index in [1.165, 1.54) is 0 Å². The Kier molecular flexibility index (Phi) is 6.89. The van der Waals surface area contributed by atoms with Crippen LogP contribution in [0, 0.1) is 13.8 Å². The molecule has 0 unspecified atom stereocenters. The van der Waals surface area contributed by atoms with Gasteiger partial charge in [0.05, 0.1) is 26.7 Å². The van der Waals surface area contributed by atoms with Crippen LogP contribution in [0.15, 0.2) is 30.3 Å². The Balaban J connectivity index is 2.14. The molecule has 0 saturated carbocycles. The van der Waals surface area contributed by atoms with Crippen molar-refractivity contribution < 1.29 is 14.3 Å². The number of ether oxygens (including phenoxy) is 2. The van der Waals surface area contributed by atoms with Gasteiger partial charge in [-0.2, -0.15) is 0 Å². The number of hydrogen-bond acceptors (Lipinski definition) is 3. The summed E-state index contributed by atoms with van der Waals surface area (Å²) in [7, 11) is 3.35. The molecule has 0 aliphatic heterocycles. The molecule has 0 heterocycles. The Morgan fingerprint density at radius 1 is 0.926 bits per heavy atom. The molecule has 0 bridgehead atoms. The number of methoxy groups -OCH3 is 2. The summed E-state index contributed by atoms with van der Waals surface area (Å²) in [5.74, 6) is 2.10. The van der Waals surface area contributed by atoms with Crippen LogP contribution >= 0.6 is 0 Å². The molecule has 4 nitrogen and oxygen atoms in total. The van der Waals surface area contributed by atoms with Crippen LogP contribution in [0.25, 0.3) is 0 Å². The number of nitrogens with one attached hydrogen (secondary N) is 1. The van der Waals surface area contributed by atoms with Crippen LogP contribution in [0.3, 0.4) is 0 Å². The molecule has 0 spiro atoms. The highest BCUT2D eigenvalue weighted by atomic mass is 16.5. The topological polar surface area (TPSA) is 47.6 Å². The molecule has 1 amide bonds. The number of rotatable bonds is 7. The fourth-order valence-corrected chi connectivity index (χ4v) is 3.42. The van der Waals surface area contributed by atoms with Gasteiger partial charge in [0.2, 0.25) is 5.91 Å². The maximum Gasteiger partial charge on any atom is 0.224 e. The molecule has 1 N–H and O–H groups in total. The Morgan fingerprint density at radius 2 is 1.59 bits per heavy atom. The molecule has 0 radical (unpaired) electrons. The van der Waals surface area contributed by atoms with Crippen LogP contribution in [0.2, 0.25) is 0 Å². The molecule has 0 aliphatic rings. The predicted octanol–water partition coefficient (Wildman–Crippen LogP) is 4.86. The minimum atomic E-state index is -0.0692. The molecule has 146 valence electrons. The molecule has 0 aromatic heterocycles. The first-order valence-corrected chi connectivity index (χ1v) is 9.38. The fourth-order valence-electron chi connectivity index (χ4n) is 3.42. The van der Waals surface area contributed by atoms with Gasteiger partial charge in [-0.15, -0.1) is 0 Å². The SMILES string of the molecule is COc1ccc(CC(=O)N[C@H](C)c2cc(C(C)C)c(OC)cc2C)cc1C. The van der Waals surface area contributed by atoms with E-state index in [-0.39, 0.29) is 11.9 Å². The highest BCUT2D eigenvalue weighted by Gasteiger charge is 2.17. The molecule has 1 atom stereocenters. The van der Waals surface area contributed by atoms with Crippen LogP contribution in [0.1, 0.15) is 60.5 Å². The number of aryl methyl sites for hydroxylation is 2. The maximum atomic E-state index is 12.5. The van der Waals surface area contributed by atoms with E-state index in [1.54, 1.807) is 14.2 Å². The third kappa shape index (κ3) is 5.03. The van der Waals surface area contributed by atoms with Crippen molar-refractivity contribution in [3.05, 3.63) is 58.1 Å². The van der Waals surface area contributed by atoms with Gasteiger partial charge in [-0.05, 0) is 72.7 Å². The summed E-state index contributed by atoms with van der Waals surface area (Å²) in [5.41, 5.74) is 5.41. The summed E-state index contributed by atoms with van der Waals surface area (Å²) in [4.78, 5) is 12.5. The molecular formula is C23H31NO3. The lowest BCUT2D eigenvalue weighted by molar-refractivity contribution is -0.121. The van der Waals surface area contributed by atoms with Crippen molar-refractivity contribution in [3.8, 4) is 11.5 Å². The molecule has 27 heavy (non-hydrogen) atoms. The largest absolute Gasteiger partial charge is 0.496 e. The monoisotopic (exact) mass is 369 g/mol. The van der Waals surface area contributed by atoms with E-state index in [2.05, 4.69) is 38.2 Å². The van der Waals surface area contributed by atoms with Gasteiger partial charge in [-0.1, -0.05) is 26.0 Å². The van der Waals surface area contributed by atoms with E-state index >= 15 is 0 Å². The molecule has 0 aliphatic carbocycles. The summed E-state index contributed by atoms with van der Waals surface area (Å²) in [6.07, 6.45) is 0.349. The smallest absolute Gasteiger partial charge is 0.224 e. The van der Waals surface area contributed by atoms with Crippen molar-refractivity contribution in [2.75, 3.05) is 14.2 Å². The molecule has 0 saturated heterocycles. The van der Waals surface area contributed by atoms with Crippen LogP contribution < -0.4 is 14.8 Å². The number of benzene rings is 2. The second-order valence-corrected chi connectivity index (χ2v) is 7.38. The van der Waals surface area contributed by atoms with Crippen molar-refractivity contribution in [1.29, 1.82) is 0 Å². The zero-order valence-electron chi connectivity index (χ0n) is 17.5. The average Bonchev–Trinajstić information content (AvgIpc) is 2.60. The number of carbonyl (C=O) groups excluding carboxylic acids is 1. The zero-order valence-corrected chi connectivity index (χ0v) is 17.5. The molecular weight excluding hydrogens is 338 g/mol. The van der Waals surface area contributed by atoms with Crippen LogP contribution in [-0.4, -0.2) is 20.1 Å². The van der Waals surface area contributed by atoms with E-state index in [0.29, 0.717) is 12.3 Å². The lowest BCUT2D eigenvalue weighted by atomic mass is 9.93. The standard InChI is InChI=1S/C23H31NO3/c1-14(2)19-13-20(15(3)11-22(19)27-7)17(5)24-23(25)12-18-8-9-21(26-6)16(4)10-18/h8-11,13-14,17H,12H2,1-7H3,(H,24,25)/t17-/m1/s1. The van der Waals surface area contributed by atoms with Crippen molar-refractivity contribution in [2.24, 2.45) is 0 Å². The lowest BCUT2D eigenvalue weighted by Crippen LogP contribution is -2.28. The van der Waals surface area contributed by atoms with Crippen molar-refractivity contribution >= 4 is 5.91 Å². The first-order valence-electron chi connectivity index (χ1n) is 9.38. The van der Waals surface area contributed by atoms with E-state index in [9.17, 15) is 4.79 Å². The highest BCUT2D eigenvalue weighted by molar-refractivity contribution is 5.79. The van der Waals surface area contributed by atoms with Crippen molar-refractivity contribution in [2.45, 2.75) is 53.0 Å². The van der Waals surface area contributed by atoms with Crippen LogP contribution in [-0.2, 0) is 11.2 Å². The average molecular weight is 370 g/mol. The molecule has 4 heteroatoms. The Labute approximate surface area is 162 Å². The molecule has 0 fully saturated rings. The zero-order chi connectivity index (χ0) is 20.1. The van der Waals surface area contributed by atoms with E-state index < -0.39 is 0 Å². The number of carbonyl (C=O) groups is 1. The molecule has 2 rings (SSSR count). The van der Waals surface area contributed by atoms with Crippen LogP contribution in [0.5, 0.6) is 11.5 Å². The summed E-state index contributed by atoms with van der Waals surface area (Å²) < 4.78 is 10.8. The third-order valence-corrected chi connectivity index (χ3v) is 4.91. The predicted molar refractivity (Wildman–Crippen MR) is 110 cm³/mol. The molecule has 2 aromatic carbocycles. The number of amides is 1. The van der Waals surface area contributed by atoms with E-state index in [1.807, 2.05) is 32.0 Å². The van der Waals surface area contributed by atoms with Gasteiger partial charge in [0.1, 0.15) is 11.5 Å². The third-order valence-electron chi connectivity index (χ3n) is 4.91. The Hall–Kier alpha value is -2.49. The summed E-state index contributed by atoms with van der Waals surface area (Å²) in [6, 6.07) is 9.98. The van der Waals surface area contributed by atoms with Crippen molar-refractivity contribution in [1.82, 2.24) is 5.32 Å². The summed E-state index contributed by atoms with van der Waals surface area (Å²) in [5, 5.41) is 3.13. The minimum absolute atomic E-state index is 0.00776. The Morgan fingerprint density at radius 3 is 2.15 bits per heavy atom. The van der Waals surface area contributed by atoms with Crippen molar-refractivity contribution in [3.63, 3.8) is 0 Å². The minimum Gasteiger partial charge on any atom is -0.496 e. The summed E-state index contributed by atoms with van der Waals surface area (Å²) in [6.45, 7) is 10.4. The summed E-state index contributed by atoms with van der Waals surface area (Å²) >= 11 is 0. The quantitative estimate of drug-likeness (QED) is 0.758. The molecule has 2 aromatic rings. The first-order chi connectivity index (χ1) is 12.8.